The van der Waals surface area contributed by atoms with E-state index in [1.807, 2.05) is 0 Å². The average molecular weight is 341 g/mol. The van der Waals surface area contributed by atoms with Gasteiger partial charge in [-0.1, -0.05) is 0 Å². The molecular formula is C17H15N3O5. The number of nitrogens with two attached hydrogens (primary N) is 1. The molecule has 0 heterocycles. The number of carbonyl (C=O) groups is 4. The van der Waals surface area contributed by atoms with Gasteiger partial charge < -0.3 is 21.1 Å². The van der Waals surface area contributed by atoms with Crippen molar-refractivity contribution in [1.82, 2.24) is 0 Å². The van der Waals surface area contributed by atoms with Gasteiger partial charge in [-0.15, -0.1) is 0 Å². The summed E-state index contributed by atoms with van der Waals surface area (Å²) in [5, 5.41) is 4.79. The summed E-state index contributed by atoms with van der Waals surface area (Å²) in [5.74, 6) is -2.87. The van der Waals surface area contributed by atoms with E-state index in [1.54, 1.807) is 0 Å². The van der Waals surface area contributed by atoms with E-state index in [-0.39, 0.29) is 5.56 Å². The fourth-order valence-electron chi connectivity index (χ4n) is 1.90. The van der Waals surface area contributed by atoms with Crippen LogP contribution in [0, 0.1) is 0 Å². The summed E-state index contributed by atoms with van der Waals surface area (Å²) >= 11 is 0. The van der Waals surface area contributed by atoms with Crippen molar-refractivity contribution in [3.8, 4) is 0 Å². The van der Waals surface area contributed by atoms with Crippen molar-refractivity contribution in [2.45, 2.75) is 0 Å². The molecule has 0 spiro atoms. The highest BCUT2D eigenvalue weighted by Crippen LogP contribution is 2.12. The van der Waals surface area contributed by atoms with Crippen molar-refractivity contribution >= 4 is 35.1 Å². The number of hydrogen-bond donors (Lipinski definition) is 3. The Morgan fingerprint density at radius 3 is 1.52 bits per heavy atom. The van der Waals surface area contributed by atoms with Crippen molar-refractivity contribution in [3.05, 3.63) is 59.7 Å². The average Bonchev–Trinajstić information content (AvgIpc) is 2.62. The van der Waals surface area contributed by atoms with Crippen molar-refractivity contribution in [1.29, 1.82) is 0 Å². The molecule has 0 aliphatic rings. The third-order valence-electron chi connectivity index (χ3n) is 3.20. The third kappa shape index (κ3) is 4.64. The molecule has 25 heavy (non-hydrogen) atoms. The molecule has 8 nitrogen and oxygen atoms in total. The Bertz CT molecular complexity index is 813. The molecule has 0 unspecified atom stereocenters. The molecule has 3 amide bonds. The van der Waals surface area contributed by atoms with Crippen LogP contribution in [0.3, 0.4) is 0 Å². The lowest BCUT2D eigenvalue weighted by Crippen LogP contribution is -2.29. The molecule has 0 atom stereocenters. The van der Waals surface area contributed by atoms with E-state index < -0.39 is 23.7 Å². The fourth-order valence-corrected chi connectivity index (χ4v) is 1.90. The molecule has 0 saturated carbocycles. The first-order chi connectivity index (χ1) is 11.9. The van der Waals surface area contributed by atoms with Crippen LogP contribution in [0.1, 0.15) is 20.7 Å². The molecule has 0 saturated heterocycles. The van der Waals surface area contributed by atoms with Crippen molar-refractivity contribution < 1.29 is 23.9 Å². The van der Waals surface area contributed by atoms with Crippen molar-refractivity contribution in [2.75, 3.05) is 17.7 Å². The molecule has 0 aromatic heterocycles. The highest BCUT2D eigenvalue weighted by molar-refractivity contribution is 6.43. The quantitative estimate of drug-likeness (QED) is 0.568. The summed E-state index contributed by atoms with van der Waals surface area (Å²) in [6, 6.07) is 11.6. The van der Waals surface area contributed by atoms with Crippen molar-refractivity contribution in [3.63, 3.8) is 0 Å². The SMILES string of the molecule is COC(=O)c1ccc(NC(=O)C(=O)Nc2ccc(C(N)=O)cc2)cc1. The number of benzene rings is 2. The number of ether oxygens (including phenoxy) is 1. The van der Waals surface area contributed by atoms with Gasteiger partial charge in [0.05, 0.1) is 12.7 Å². The number of amides is 3. The van der Waals surface area contributed by atoms with Crippen LogP contribution in [0.2, 0.25) is 0 Å². The fraction of sp³-hybridized carbons (Fsp3) is 0.0588. The van der Waals surface area contributed by atoms with Gasteiger partial charge in [0.15, 0.2) is 0 Å². The Morgan fingerprint density at radius 2 is 1.16 bits per heavy atom. The van der Waals surface area contributed by atoms with Gasteiger partial charge in [-0.3, -0.25) is 14.4 Å². The molecule has 0 aliphatic heterocycles. The minimum absolute atomic E-state index is 0.285. The van der Waals surface area contributed by atoms with E-state index in [0.717, 1.165) is 0 Å². The molecule has 2 aromatic rings. The Kier molecular flexibility index (Phi) is 5.47. The number of methoxy groups -OCH3 is 1. The van der Waals surface area contributed by atoms with Gasteiger partial charge in [-0.25, -0.2) is 4.79 Å². The van der Waals surface area contributed by atoms with Crippen molar-refractivity contribution in [2.24, 2.45) is 5.73 Å². The van der Waals surface area contributed by atoms with E-state index in [0.29, 0.717) is 16.9 Å². The maximum atomic E-state index is 11.9. The third-order valence-corrected chi connectivity index (χ3v) is 3.20. The highest BCUT2D eigenvalue weighted by atomic mass is 16.5. The smallest absolute Gasteiger partial charge is 0.337 e. The maximum Gasteiger partial charge on any atom is 0.337 e. The Hall–Kier alpha value is -3.68. The molecule has 0 bridgehead atoms. The van der Waals surface area contributed by atoms with Crippen LogP contribution in [-0.4, -0.2) is 30.8 Å². The monoisotopic (exact) mass is 341 g/mol. The van der Waals surface area contributed by atoms with Gasteiger partial charge in [0, 0.05) is 16.9 Å². The minimum Gasteiger partial charge on any atom is -0.465 e. The number of primary amides is 1. The Labute approximate surface area is 143 Å². The second-order valence-corrected chi connectivity index (χ2v) is 4.92. The van der Waals surface area contributed by atoms with E-state index in [1.165, 1.54) is 55.6 Å². The largest absolute Gasteiger partial charge is 0.465 e. The summed E-state index contributed by atoms with van der Waals surface area (Å²) in [5.41, 5.74) is 6.41. The number of rotatable bonds is 4. The van der Waals surface area contributed by atoms with E-state index >= 15 is 0 Å². The standard InChI is InChI=1S/C17H15N3O5/c1-25-17(24)11-4-8-13(9-5-11)20-16(23)15(22)19-12-6-2-10(3-7-12)14(18)21/h2-9H,1H3,(H2,18,21)(H,19,22)(H,20,23). The predicted octanol–water partition coefficient (Wildman–Crippen LogP) is 1.15. The van der Waals surface area contributed by atoms with Gasteiger partial charge in [-0.05, 0) is 48.5 Å². The number of hydrogen-bond acceptors (Lipinski definition) is 5. The molecule has 0 fully saturated rings. The zero-order valence-electron chi connectivity index (χ0n) is 13.2. The van der Waals surface area contributed by atoms with Crippen LogP contribution in [0.15, 0.2) is 48.5 Å². The van der Waals surface area contributed by atoms with Gasteiger partial charge in [0.25, 0.3) is 0 Å². The van der Waals surface area contributed by atoms with Gasteiger partial charge >= 0.3 is 17.8 Å². The maximum absolute atomic E-state index is 11.9. The number of carbonyl (C=O) groups excluding carboxylic acids is 4. The number of nitrogens with one attached hydrogen (secondary N) is 2. The molecule has 0 aliphatic carbocycles. The summed E-state index contributed by atoms with van der Waals surface area (Å²) in [7, 11) is 1.26. The summed E-state index contributed by atoms with van der Waals surface area (Å²) in [6.45, 7) is 0. The summed E-state index contributed by atoms with van der Waals surface area (Å²) < 4.78 is 4.57. The predicted molar refractivity (Wildman–Crippen MR) is 90.0 cm³/mol. The zero-order valence-corrected chi connectivity index (χ0v) is 13.2. The topological polar surface area (TPSA) is 128 Å². The van der Waals surface area contributed by atoms with Crippen LogP contribution in [0.25, 0.3) is 0 Å². The lowest BCUT2D eigenvalue weighted by molar-refractivity contribution is -0.132. The molecule has 0 radical (unpaired) electrons. The lowest BCUT2D eigenvalue weighted by atomic mass is 10.2. The minimum atomic E-state index is -0.885. The van der Waals surface area contributed by atoms with Crippen LogP contribution in [0.4, 0.5) is 11.4 Å². The molecule has 4 N–H and O–H groups in total. The first-order valence-corrected chi connectivity index (χ1v) is 7.11. The van der Waals surface area contributed by atoms with E-state index in [4.69, 9.17) is 5.73 Å². The molecule has 8 heteroatoms. The first-order valence-electron chi connectivity index (χ1n) is 7.11. The Morgan fingerprint density at radius 1 is 0.760 bits per heavy atom. The van der Waals surface area contributed by atoms with Gasteiger partial charge in [0.1, 0.15) is 0 Å². The number of anilines is 2. The Balaban J connectivity index is 1.96. The molecule has 2 rings (SSSR count). The lowest BCUT2D eigenvalue weighted by Gasteiger charge is -2.07. The van der Waals surface area contributed by atoms with Gasteiger partial charge in [0.2, 0.25) is 5.91 Å². The zero-order chi connectivity index (χ0) is 18.4. The van der Waals surface area contributed by atoms with Gasteiger partial charge in [-0.2, -0.15) is 0 Å². The molecule has 128 valence electrons. The second kappa shape index (κ2) is 7.73. The summed E-state index contributed by atoms with van der Waals surface area (Å²) in [6.07, 6.45) is 0. The van der Waals surface area contributed by atoms with Crippen LogP contribution in [0.5, 0.6) is 0 Å². The summed E-state index contributed by atoms with van der Waals surface area (Å²) in [4.78, 5) is 46.0. The molecular weight excluding hydrogens is 326 g/mol. The van der Waals surface area contributed by atoms with E-state index in [2.05, 4.69) is 15.4 Å². The first kappa shape index (κ1) is 17.7. The van der Waals surface area contributed by atoms with Crippen LogP contribution in [-0.2, 0) is 14.3 Å². The van der Waals surface area contributed by atoms with E-state index in [9.17, 15) is 19.2 Å². The molecule has 2 aromatic carbocycles. The second-order valence-electron chi connectivity index (χ2n) is 4.92. The van der Waals surface area contributed by atoms with Crippen LogP contribution >= 0.6 is 0 Å². The number of esters is 1. The normalized spacial score (nSPS) is 9.80. The highest BCUT2D eigenvalue weighted by Gasteiger charge is 2.14. The van der Waals surface area contributed by atoms with Crippen LogP contribution < -0.4 is 16.4 Å².